The van der Waals surface area contributed by atoms with Crippen LogP contribution < -0.4 is 5.32 Å². The number of nitrogens with one attached hydrogen (secondary N) is 1. The number of benzene rings is 1. The number of hydrogen-bond acceptors (Lipinski definition) is 4. The molecule has 1 N–H and O–H groups in total. The molecule has 0 aliphatic carbocycles. The summed E-state index contributed by atoms with van der Waals surface area (Å²) in [5.74, 6) is -1.01. The highest BCUT2D eigenvalue weighted by Crippen LogP contribution is 2.14. The van der Waals surface area contributed by atoms with E-state index >= 15 is 0 Å². The lowest BCUT2D eigenvalue weighted by Gasteiger charge is -2.09. The van der Waals surface area contributed by atoms with Crippen LogP contribution in [0.25, 0.3) is 0 Å². The molecule has 0 aliphatic rings. The Morgan fingerprint density at radius 2 is 2.21 bits per heavy atom. The number of amides is 1. The van der Waals surface area contributed by atoms with Crippen LogP contribution >= 0.6 is 11.3 Å². The molecule has 2 aromatic rings. The molecule has 0 saturated carbocycles. The summed E-state index contributed by atoms with van der Waals surface area (Å²) >= 11 is 1.56. The topological polar surface area (TPSA) is 65.8 Å². The summed E-state index contributed by atoms with van der Waals surface area (Å²) in [5, 5.41) is 14.8. The van der Waals surface area contributed by atoms with Crippen LogP contribution in [0, 0.1) is 11.3 Å². The number of carbonyl (C=O) groups excluding carboxylic acids is 1. The molecule has 0 spiro atoms. The Bertz CT molecular complexity index is 560. The lowest BCUT2D eigenvalue weighted by Crippen LogP contribution is -2.30. The average molecular weight is 271 g/mol. The number of rotatable bonds is 5. The molecular formula is C14H13N3OS. The van der Waals surface area contributed by atoms with Crippen molar-refractivity contribution in [3.63, 3.8) is 0 Å². The Kier molecular flexibility index (Phi) is 4.65. The number of nitriles is 1. The zero-order valence-electron chi connectivity index (χ0n) is 10.2. The minimum absolute atomic E-state index is 0.259. The van der Waals surface area contributed by atoms with Crippen molar-refractivity contribution < 1.29 is 4.79 Å². The molecule has 1 heterocycles. The van der Waals surface area contributed by atoms with Gasteiger partial charge in [-0.2, -0.15) is 5.26 Å². The standard InChI is InChI=1S/C14H13N3OS/c15-10-12(11-4-2-1-3-5-11)14(18)17-7-6-13-16-8-9-19-13/h1-5,8-9,12H,6-7H2,(H,17,18). The minimum atomic E-state index is -0.752. The number of nitrogens with zero attached hydrogens (tertiary/aromatic N) is 2. The van der Waals surface area contributed by atoms with Crippen LogP contribution in [0.3, 0.4) is 0 Å². The second-order valence-electron chi connectivity index (χ2n) is 3.94. The van der Waals surface area contributed by atoms with Crippen molar-refractivity contribution in [3.05, 3.63) is 52.5 Å². The van der Waals surface area contributed by atoms with Crippen molar-refractivity contribution >= 4 is 17.2 Å². The summed E-state index contributed by atoms with van der Waals surface area (Å²) in [4.78, 5) is 16.1. The zero-order valence-corrected chi connectivity index (χ0v) is 11.1. The van der Waals surface area contributed by atoms with E-state index in [4.69, 9.17) is 5.26 Å². The smallest absolute Gasteiger partial charge is 0.241 e. The Morgan fingerprint density at radius 1 is 1.42 bits per heavy atom. The maximum absolute atomic E-state index is 12.0. The van der Waals surface area contributed by atoms with Crippen LogP contribution in [0.1, 0.15) is 16.5 Å². The molecule has 0 bridgehead atoms. The molecule has 96 valence electrons. The van der Waals surface area contributed by atoms with Gasteiger partial charge in [-0.3, -0.25) is 4.79 Å². The van der Waals surface area contributed by atoms with Gasteiger partial charge in [0.1, 0.15) is 5.92 Å². The molecule has 4 nitrogen and oxygen atoms in total. The van der Waals surface area contributed by atoms with Crippen molar-refractivity contribution in [1.29, 1.82) is 5.26 Å². The zero-order chi connectivity index (χ0) is 13.5. The van der Waals surface area contributed by atoms with Gasteiger partial charge in [-0.05, 0) is 5.56 Å². The van der Waals surface area contributed by atoms with Crippen molar-refractivity contribution in [2.75, 3.05) is 6.54 Å². The van der Waals surface area contributed by atoms with Crippen LogP contribution in [0.15, 0.2) is 41.9 Å². The molecule has 1 atom stereocenters. The maximum Gasteiger partial charge on any atom is 0.241 e. The Balaban J connectivity index is 1.89. The highest BCUT2D eigenvalue weighted by atomic mass is 32.1. The third kappa shape index (κ3) is 3.63. The van der Waals surface area contributed by atoms with E-state index in [9.17, 15) is 4.79 Å². The van der Waals surface area contributed by atoms with E-state index in [1.165, 1.54) is 0 Å². The fourth-order valence-corrected chi connectivity index (χ4v) is 2.32. The maximum atomic E-state index is 12.0. The van der Waals surface area contributed by atoms with E-state index in [1.807, 2.05) is 29.6 Å². The van der Waals surface area contributed by atoms with E-state index in [-0.39, 0.29) is 5.91 Å². The van der Waals surface area contributed by atoms with E-state index < -0.39 is 5.92 Å². The second kappa shape index (κ2) is 6.66. The fraction of sp³-hybridized carbons (Fsp3) is 0.214. The number of hydrogen-bond donors (Lipinski definition) is 1. The molecule has 1 unspecified atom stereocenters. The fourth-order valence-electron chi connectivity index (χ4n) is 1.70. The molecular weight excluding hydrogens is 258 g/mol. The van der Waals surface area contributed by atoms with Crippen LogP contribution in [0.4, 0.5) is 0 Å². The SMILES string of the molecule is N#CC(C(=O)NCCc1nccs1)c1ccccc1. The normalized spacial score (nSPS) is 11.5. The van der Waals surface area contributed by atoms with E-state index in [1.54, 1.807) is 29.7 Å². The van der Waals surface area contributed by atoms with Crippen LogP contribution in [0.5, 0.6) is 0 Å². The first kappa shape index (κ1) is 13.2. The molecule has 0 fully saturated rings. The Hall–Kier alpha value is -2.19. The van der Waals surface area contributed by atoms with E-state index in [2.05, 4.69) is 10.3 Å². The summed E-state index contributed by atoms with van der Waals surface area (Å²) in [6.45, 7) is 0.497. The number of aromatic nitrogens is 1. The molecule has 2 rings (SSSR count). The van der Waals surface area contributed by atoms with Crippen LogP contribution in [-0.4, -0.2) is 17.4 Å². The molecule has 1 aromatic carbocycles. The highest BCUT2D eigenvalue weighted by molar-refractivity contribution is 7.09. The summed E-state index contributed by atoms with van der Waals surface area (Å²) < 4.78 is 0. The first-order valence-corrected chi connectivity index (χ1v) is 6.80. The van der Waals surface area contributed by atoms with Gasteiger partial charge in [0.15, 0.2) is 0 Å². The summed E-state index contributed by atoms with van der Waals surface area (Å²) in [6, 6.07) is 11.1. The molecule has 5 heteroatoms. The van der Waals surface area contributed by atoms with Gasteiger partial charge < -0.3 is 5.32 Å². The third-order valence-corrected chi connectivity index (χ3v) is 3.49. The first-order valence-electron chi connectivity index (χ1n) is 5.92. The first-order chi connectivity index (χ1) is 9.31. The predicted octanol–water partition coefficient (Wildman–Crippen LogP) is 2.11. The summed E-state index contributed by atoms with van der Waals surface area (Å²) in [6.07, 6.45) is 2.43. The summed E-state index contributed by atoms with van der Waals surface area (Å²) in [7, 11) is 0. The van der Waals surface area contributed by atoms with Crippen molar-refractivity contribution in [1.82, 2.24) is 10.3 Å². The predicted molar refractivity (Wildman–Crippen MR) is 73.6 cm³/mol. The lowest BCUT2D eigenvalue weighted by molar-refractivity contribution is -0.121. The van der Waals surface area contributed by atoms with Gasteiger partial charge in [-0.25, -0.2) is 4.98 Å². The van der Waals surface area contributed by atoms with E-state index in [0.717, 1.165) is 10.6 Å². The molecule has 19 heavy (non-hydrogen) atoms. The molecule has 1 aromatic heterocycles. The largest absolute Gasteiger partial charge is 0.354 e. The highest BCUT2D eigenvalue weighted by Gasteiger charge is 2.19. The van der Waals surface area contributed by atoms with Gasteiger partial charge in [0, 0.05) is 24.5 Å². The summed E-state index contributed by atoms with van der Waals surface area (Å²) in [5.41, 5.74) is 0.719. The Labute approximate surface area is 115 Å². The number of carbonyl (C=O) groups is 1. The van der Waals surface area contributed by atoms with Gasteiger partial charge >= 0.3 is 0 Å². The second-order valence-corrected chi connectivity index (χ2v) is 4.92. The van der Waals surface area contributed by atoms with E-state index in [0.29, 0.717) is 13.0 Å². The van der Waals surface area contributed by atoms with Crippen LogP contribution in [-0.2, 0) is 11.2 Å². The average Bonchev–Trinajstić information content (AvgIpc) is 2.94. The van der Waals surface area contributed by atoms with Crippen molar-refractivity contribution in [2.45, 2.75) is 12.3 Å². The minimum Gasteiger partial charge on any atom is -0.354 e. The van der Waals surface area contributed by atoms with Gasteiger partial charge in [0.2, 0.25) is 5.91 Å². The third-order valence-electron chi connectivity index (χ3n) is 2.65. The van der Waals surface area contributed by atoms with Crippen molar-refractivity contribution in [2.24, 2.45) is 0 Å². The van der Waals surface area contributed by atoms with Crippen LogP contribution in [0.2, 0.25) is 0 Å². The van der Waals surface area contributed by atoms with Gasteiger partial charge in [0.05, 0.1) is 11.1 Å². The number of thiazole rings is 1. The Morgan fingerprint density at radius 3 is 2.84 bits per heavy atom. The van der Waals surface area contributed by atoms with Gasteiger partial charge in [0.25, 0.3) is 0 Å². The molecule has 0 aliphatic heterocycles. The van der Waals surface area contributed by atoms with Gasteiger partial charge in [-0.1, -0.05) is 30.3 Å². The van der Waals surface area contributed by atoms with Crippen molar-refractivity contribution in [3.8, 4) is 6.07 Å². The quantitative estimate of drug-likeness (QED) is 0.905. The molecule has 0 saturated heterocycles. The molecule has 1 amide bonds. The van der Waals surface area contributed by atoms with Gasteiger partial charge in [-0.15, -0.1) is 11.3 Å². The monoisotopic (exact) mass is 271 g/mol. The lowest BCUT2D eigenvalue weighted by atomic mass is 10.00. The molecule has 0 radical (unpaired) electrons.